The van der Waals surface area contributed by atoms with Crippen molar-refractivity contribution in [2.45, 2.75) is 22.6 Å². The molecule has 0 fully saturated rings. The highest BCUT2D eigenvalue weighted by atomic mass is 32.2. The molecule has 0 unspecified atom stereocenters. The zero-order valence-corrected chi connectivity index (χ0v) is 16.3. The van der Waals surface area contributed by atoms with E-state index >= 15 is 0 Å². The Balaban J connectivity index is 2.16. The van der Waals surface area contributed by atoms with Crippen LogP contribution in [0.4, 0.5) is 0 Å². The Kier molecular flexibility index (Phi) is 5.69. The van der Waals surface area contributed by atoms with E-state index in [2.05, 4.69) is 10.3 Å². The number of hydrogen-bond acceptors (Lipinski definition) is 6. The molecular formula is C19H19N3O3S2. The van der Waals surface area contributed by atoms with Gasteiger partial charge in [-0.05, 0) is 36.2 Å². The number of amides is 1. The van der Waals surface area contributed by atoms with Crippen molar-refractivity contribution in [1.29, 1.82) is 0 Å². The molecule has 3 rings (SSSR count). The molecule has 0 aliphatic rings. The van der Waals surface area contributed by atoms with Gasteiger partial charge in [0.2, 0.25) is 9.84 Å². The van der Waals surface area contributed by atoms with Gasteiger partial charge >= 0.3 is 0 Å². The summed E-state index contributed by atoms with van der Waals surface area (Å²) in [4.78, 5) is 16.4. The summed E-state index contributed by atoms with van der Waals surface area (Å²) in [6.07, 6.45) is 1.31. The van der Waals surface area contributed by atoms with E-state index in [1.54, 1.807) is 12.1 Å². The lowest BCUT2D eigenvalue weighted by Crippen LogP contribution is -2.23. The van der Waals surface area contributed by atoms with Crippen LogP contribution in [0.5, 0.6) is 0 Å². The van der Waals surface area contributed by atoms with Crippen LogP contribution < -0.4 is 11.1 Å². The minimum Gasteiger partial charge on any atom is -0.352 e. The smallest absolute Gasteiger partial charge is 0.251 e. The van der Waals surface area contributed by atoms with Crippen LogP contribution in [0, 0.1) is 0 Å². The Labute approximate surface area is 162 Å². The second-order valence-corrected chi connectivity index (χ2v) is 9.04. The lowest BCUT2D eigenvalue weighted by molar-refractivity contribution is 0.0955. The number of nitrogens with zero attached hydrogens (tertiary/aromatic N) is 1. The van der Waals surface area contributed by atoms with E-state index in [1.165, 1.54) is 12.3 Å². The van der Waals surface area contributed by atoms with Crippen LogP contribution in [0.15, 0.2) is 63.8 Å². The van der Waals surface area contributed by atoms with E-state index in [-0.39, 0.29) is 21.6 Å². The van der Waals surface area contributed by atoms with Gasteiger partial charge in [-0.3, -0.25) is 4.79 Å². The summed E-state index contributed by atoms with van der Waals surface area (Å²) in [5.41, 5.74) is 7.31. The second kappa shape index (κ2) is 7.99. The highest BCUT2D eigenvalue weighted by Crippen LogP contribution is 2.30. The Morgan fingerprint density at radius 3 is 2.52 bits per heavy atom. The number of hydrogen-bond donors (Lipinski definition) is 2. The third kappa shape index (κ3) is 4.08. The molecule has 3 N–H and O–H groups in total. The molecule has 0 atom stereocenters. The highest BCUT2D eigenvalue weighted by molar-refractivity contribution is 7.93. The number of nitrogens with one attached hydrogen (secondary N) is 1. The highest BCUT2D eigenvalue weighted by Gasteiger charge is 2.23. The first-order valence-electron chi connectivity index (χ1n) is 8.34. The standard InChI is InChI=1S/C19H19N3O3S2/c1-2-21-19(23)15-8-14(13-6-4-3-5-7-13)9-16(10-15)27(24,25)18-12-22-17(11-20)26-18/h3-10,12H,2,11,20H2,1H3,(H,21,23). The van der Waals surface area contributed by atoms with E-state index in [1.807, 2.05) is 37.3 Å². The normalized spacial score (nSPS) is 11.3. The van der Waals surface area contributed by atoms with Crippen molar-refractivity contribution in [2.24, 2.45) is 5.73 Å². The molecular weight excluding hydrogens is 382 g/mol. The molecule has 0 saturated carbocycles. The van der Waals surface area contributed by atoms with Crippen molar-refractivity contribution in [3.63, 3.8) is 0 Å². The molecule has 8 heteroatoms. The first-order chi connectivity index (χ1) is 13.0. The Morgan fingerprint density at radius 1 is 1.15 bits per heavy atom. The van der Waals surface area contributed by atoms with Gasteiger partial charge in [-0.2, -0.15) is 0 Å². The number of benzene rings is 2. The summed E-state index contributed by atoms with van der Waals surface area (Å²) in [6.45, 7) is 2.43. The first kappa shape index (κ1) is 19.2. The number of aromatic nitrogens is 1. The summed E-state index contributed by atoms with van der Waals surface area (Å²) in [7, 11) is -3.81. The monoisotopic (exact) mass is 401 g/mol. The van der Waals surface area contributed by atoms with Crippen molar-refractivity contribution in [3.8, 4) is 11.1 Å². The van der Waals surface area contributed by atoms with Crippen molar-refractivity contribution < 1.29 is 13.2 Å². The molecule has 0 spiro atoms. The van der Waals surface area contributed by atoms with Crippen LogP contribution in [0.25, 0.3) is 11.1 Å². The molecule has 0 radical (unpaired) electrons. The summed E-state index contributed by atoms with van der Waals surface area (Å²) in [5, 5.41) is 3.25. The Bertz CT molecular complexity index is 1060. The molecule has 1 aromatic heterocycles. The van der Waals surface area contributed by atoms with Crippen LogP contribution in [0.2, 0.25) is 0 Å². The maximum Gasteiger partial charge on any atom is 0.251 e. The van der Waals surface area contributed by atoms with Gasteiger partial charge in [-0.25, -0.2) is 13.4 Å². The third-order valence-corrected chi connectivity index (χ3v) is 7.11. The Morgan fingerprint density at radius 2 is 1.89 bits per heavy atom. The Hall–Kier alpha value is -2.55. The molecule has 0 aliphatic heterocycles. The third-order valence-electron chi connectivity index (χ3n) is 3.90. The lowest BCUT2D eigenvalue weighted by Gasteiger charge is -2.10. The van der Waals surface area contributed by atoms with Gasteiger partial charge in [0.1, 0.15) is 9.22 Å². The van der Waals surface area contributed by atoms with Crippen molar-refractivity contribution in [2.75, 3.05) is 6.54 Å². The predicted octanol–water partition coefficient (Wildman–Crippen LogP) is 2.85. The summed E-state index contributed by atoms with van der Waals surface area (Å²) < 4.78 is 26.3. The van der Waals surface area contributed by atoms with Crippen molar-refractivity contribution in [1.82, 2.24) is 10.3 Å². The van der Waals surface area contributed by atoms with Crippen molar-refractivity contribution in [3.05, 3.63) is 65.3 Å². The van der Waals surface area contributed by atoms with Crippen LogP contribution in [0.3, 0.4) is 0 Å². The minimum atomic E-state index is -3.81. The predicted molar refractivity (Wildman–Crippen MR) is 105 cm³/mol. The number of carbonyl (C=O) groups is 1. The molecule has 2 aromatic carbocycles. The topological polar surface area (TPSA) is 102 Å². The van der Waals surface area contributed by atoms with Crippen LogP contribution in [-0.4, -0.2) is 25.9 Å². The summed E-state index contributed by atoms with van der Waals surface area (Å²) >= 11 is 1.04. The molecule has 0 aliphatic carbocycles. The molecule has 1 heterocycles. The SMILES string of the molecule is CCNC(=O)c1cc(-c2ccccc2)cc(S(=O)(=O)c2cnc(CN)s2)c1. The molecule has 6 nitrogen and oxygen atoms in total. The van der Waals surface area contributed by atoms with Gasteiger partial charge in [0.25, 0.3) is 5.91 Å². The van der Waals surface area contributed by atoms with Crippen LogP contribution >= 0.6 is 11.3 Å². The molecule has 27 heavy (non-hydrogen) atoms. The fourth-order valence-corrected chi connectivity index (χ4v) is 5.10. The summed E-state index contributed by atoms with van der Waals surface area (Å²) in [6, 6.07) is 14.0. The van der Waals surface area contributed by atoms with E-state index in [4.69, 9.17) is 5.73 Å². The quantitative estimate of drug-likeness (QED) is 0.661. The van der Waals surface area contributed by atoms with Gasteiger partial charge in [0.05, 0.1) is 11.1 Å². The number of sulfone groups is 1. The van der Waals surface area contributed by atoms with Crippen LogP contribution in [0.1, 0.15) is 22.3 Å². The van der Waals surface area contributed by atoms with E-state index in [9.17, 15) is 13.2 Å². The molecule has 1 amide bonds. The molecule has 140 valence electrons. The zero-order chi connectivity index (χ0) is 19.4. The number of rotatable bonds is 6. The van der Waals surface area contributed by atoms with E-state index in [0.717, 1.165) is 16.9 Å². The number of thiazole rings is 1. The fourth-order valence-electron chi connectivity index (χ4n) is 2.57. The maximum atomic E-state index is 13.1. The van der Waals surface area contributed by atoms with Gasteiger partial charge in [-0.15, -0.1) is 11.3 Å². The molecule has 3 aromatic rings. The average molecular weight is 402 g/mol. The fraction of sp³-hybridized carbons (Fsp3) is 0.158. The maximum absolute atomic E-state index is 13.1. The number of carbonyl (C=O) groups excluding carboxylic acids is 1. The summed E-state index contributed by atoms with van der Waals surface area (Å²) in [5.74, 6) is -0.321. The molecule has 0 bridgehead atoms. The largest absolute Gasteiger partial charge is 0.352 e. The van der Waals surface area contributed by atoms with E-state index < -0.39 is 9.84 Å². The zero-order valence-electron chi connectivity index (χ0n) is 14.7. The minimum absolute atomic E-state index is 0.0531. The van der Waals surface area contributed by atoms with Gasteiger partial charge < -0.3 is 11.1 Å². The molecule has 0 saturated heterocycles. The van der Waals surface area contributed by atoms with Gasteiger partial charge in [0, 0.05) is 18.7 Å². The van der Waals surface area contributed by atoms with Crippen LogP contribution in [-0.2, 0) is 16.4 Å². The van der Waals surface area contributed by atoms with E-state index in [0.29, 0.717) is 22.7 Å². The van der Waals surface area contributed by atoms with Gasteiger partial charge in [0.15, 0.2) is 0 Å². The first-order valence-corrected chi connectivity index (χ1v) is 10.6. The average Bonchev–Trinajstić information content (AvgIpc) is 3.18. The van der Waals surface area contributed by atoms with Gasteiger partial charge in [-0.1, -0.05) is 30.3 Å². The second-order valence-electron chi connectivity index (χ2n) is 5.75. The lowest BCUT2D eigenvalue weighted by atomic mass is 10.0. The number of nitrogens with two attached hydrogens (primary N) is 1. The van der Waals surface area contributed by atoms with Crippen molar-refractivity contribution >= 4 is 27.1 Å².